The van der Waals surface area contributed by atoms with Gasteiger partial charge in [-0.2, -0.15) is 0 Å². The van der Waals surface area contributed by atoms with Crippen molar-refractivity contribution in [2.75, 3.05) is 7.11 Å². The van der Waals surface area contributed by atoms with Gasteiger partial charge in [0.25, 0.3) is 0 Å². The van der Waals surface area contributed by atoms with E-state index < -0.39 is 0 Å². The Morgan fingerprint density at radius 3 is 2.53 bits per heavy atom. The summed E-state index contributed by atoms with van der Waals surface area (Å²) in [4.78, 5) is 0. The monoisotopic (exact) mass is 205 g/mol. The van der Waals surface area contributed by atoms with Crippen LogP contribution in [0.1, 0.15) is 18.9 Å². The average molecular weight is 205 g/mol. The molecule has 3 heteroatoms. The molecule has 0 bridgehead atoms. The molecule has 0 saturated carbocycles. The van der Waals surface area contributed by atoms with Gasteiger partial charge in [-0.05, 0) is 30.2 Å². The molecule has 0 fully saturated rings. The zero-order valence-electron chi connectivity index (χ0n) is 8.97. The predicted octanol–water partition coefficient (Wildman–Crippen LogP) is 2.95. The van der Waals surface area contributed by atoms with E-state index in [0.717, 1.165) is 11.3 Å². The lowest BCUT2D eigenvalue weighted by molar-refractivity contribution is 0.318. The molecule has 0 radical (unpaired) electrons. The number of allylic oxidation sites excluding steroid dienone is 1. The van der Waals surface area contributed by atoms with E-state index in [1.165, 1.54) is 0 Å². The van der Waals surface area contributed by atoms with Gasteiger partial charge in [0.05, 0.1) is 12.8 Å². The Morgan fingerprint density at radius 1 is 1.40 bits per heavy atom. The molecule has 0 unspecified atom stereocenters. The van der Waals surface area contributed by atoms with Crippen molar-refractivity contribution < 1.29 is 9.94 Å². The Kier molecular flexibility index (Phi) is 4.41. The molecule has 3 nitrogen and oxygen atoms in total. The number of benzene rings is 1. The van der Waals surface area contributed by atoms with E-state index in [0.29, 0.717) is 12.1 Å². The quantitative estimate of drug-likeness (QED) is 0.466. The minimum Gasteiger partial charge on any atom is -0.497 e. The van der Waals surface area contributed by atoms with E-state index >= 15 is 0 Å². The first-order chi connectivity index (χ1) is 7.30. The number of methoxy groups -OCH3 is 1. The molecule has 0 aliphatic rings. The fourth-order valence-corrected chi connectivity index (χ4v) is 1.13. The van der Waals surface area contributed by atoms with Crippen LogP contribution in [0.15, 0.2) is 35.5 Å². The van der Waals surface area contributed by atoms with Crippen molar-refractivity contribution >= 4 is 11.8 Å². The largest absolute Gasteiger partial charge is 0.497 e. The summed E-state index contributed by atoms with van der Waals surface area (Å²) in [6.45, 7) is 1.94. The molecule has 15 heavy (non-hydrogen) atoms. The van der Waals surface area contributed by atoms with Gasteiger partial charge in [-0.1, -0.05) is 30.3 Å². The first-order valence-electron chi connectivity index (χ1n) is 4.83. The number of hydrogen-bond acceptors (Lipinski definition) is 3. The Labute approximate surface area is 89.7 Å². The van der Waals surface area contributed by atoms with Gasteiger partial charge in [-0.15, -0.1) is 0 Å². The summed E-state index contributed by atoms with van der Waals surface area (Å²) >= 11 is 0. The molecular weight excluding hydrogens is 190 g/mol. The smallest absolute Gasteiger partial charge is 0.118 e. The normalized spacial score (nSPS) is 12.0. The number of rotatable bonds is 4. The van der Waals surface area contributed by atoms with Crippen molar-refractivity contribution in [1.29, 1.82) is 0 Å². The third kappa shape index (κ3) is 3.46. The average Bonchev–Trinajstić information content (AvgIpc) is 2.31. The van der Waals surface area contributed by atoms with Gasteiger partial charge in [0.1, 0.15) is 5.75 Å². The van der Waals surface area contributed by atoms with Gasteiger partial charge < -0.3 is 9.94 Å². The fraction of sp³-hybridized carbons (Fsp3) is 0.250. The summed E-state index contributed by atoms with van der Waals surface area (Å²) in [5.74, 6) is 0.832. The van der Waals surface area contributed by atoms with Crippen LogP contribution in [0.5, 0.6) is 5.75 Å². The first kappa shape index (κ1) is 11.3. The topological polar surface area (TPSA) is 41.8 Å². The summed E-state index contributed by atoms with van der Waals surface area (Å²) in [5.41, 5.74) is 1.70. The number of oxime groups is 1. The third-order valence-corrected chi connectivity index (χ3v) is 2.07. The second-order valence-electron chi connectivity index (χ2n) is 3.05. The molecule has 0 aliphatic carbocycles. The molecule has 0 spiro atoms. The first-order valence-corrected chi connectivity index (χ1v) is 4.83. The number of ether oxygens (including phenoxy) is 1. The summed E-state index contributed by atoms with van der Waals surface area (Å²) in [5, 5.41) is 11.8. The lowest BCUT2D eigenvalue weighted by Crippen LogP contribution is -1.89. The Balaban J connectivity index is 2.72. The fourth-order valence-electron chi connectivity index (χ4n) is 1.13. The van der Waals surface area contributed by atoms with Gasteiger partial charge in [0.2, 0.25) is 0 Å². The van der Waals surface area contributed by atoms with Crippen molar-refractivity contribution in [3.63, 3.8) is 0 Å². The van der Waals surface area contributed by atoms with Gasteiger partial charge in [-0.25, -0.2) is 0 Å². The van der Waals surface area contributed by atoms with Crippen molar-refractivity contribution in [3.8, 4) is 5.75 Å². The highest BCUT2D eigenvalue weighted by Gasteiger charge is 1.92. The maximum Gasteiger partial charge on any atom is 0.118 e. The second kappa shape index (κ2) is 5.86. The summed E-state index contributed by atoms with van der Waals surface area (Å²) in [7, 11) is 1.64. The number of nitrogens with zero attached hydrogens (tertiary/aromatic N) is 1. The molecule has 0 atom stereocenters. The lowest BCUT2D eigenvalue weighted by Gasteiger charge is -1.99. The van der Waals surface area contributed by atoms with Crippen LogP contribution in [-0.4, -0.2) is 18.0 Å². The van der Waals surface area contributed by atoms with Crippen LogP contribution < -0.4 is 4.74 Å². The molecule has 1 N–H and O–H groups in total. The van der Waals surface area contributed by atoms with Crippen molar-refractivity contribution in [2.24, 2.45) is 5.16 Å². The van der Waals surface area contributed by atoms with E-state index in [1.54, 1.807) is 13.2 Å². The van der Waals surface area contributed by atoms with E-state index in [-0.39, 0.29) is 0 Å². The summed E-state index contributed by atoms with van der Waals surface area (Å²) in [6, 6.07) is 7.67. The van der Waals surface area contributed by atoms with E-state index in [1.807, 2.05) is 37.3 Å². The Hall–Kier alpha value is -1.77. The van der Waals surface area contributed by atoms with Crippen LogP contribution in [0, 0.1) is 0 Å². The van der Waals surface area contributed by atoms with Crippen LogP contribution in [-0.2, 0) is 0 Å². The minimum atomic E-state index is 0.658. The molecule has 0 aliphatic heterocycles. The van der Waals surface area contributed by atoms with Gasteiger partial charge in [-0.3, -0.25) is 0 Å². The zero-order chi connectivity index (χ0) is 11.1. The molecule has 80 valence electrons. The summed E-state index contributed by atoms with van der Waals surface area (Å²) < 4.78 is 5.05. The highest BCUT2D eigenvalue weighted by Crippen LogP contribution is 2.12. The third-order valence-electron chi connectivity index (χ3n) is 2.07. The van der Waals surface area contributed by atoms with Crippen molar-refractivity contribution in [2.45, 2.75) is 13.3 Å². The molecule has 1 rings (SSSR count). The highest BCUT2D eigenvalue weighted by molar-refractivity contribution is 5.97. The van der Waals surface area contributed by atoms with Crippen molar-refractivity contribution in [3.05, 3.63) is 35.9 Å². The molecule has 1 aromatic carbocycles. The zero-order valence-corrected chi connectivity index (χ0v) is 8.97. The molecule has 0 saturated heterocycles. The van der Waals surface area contributed by atoms with Crippen LogP contribution in [0.25, 0.3) is 6.08 Å². The van der Waals surface area contributed by atoms with Crippen molar-refractivity contribution in [1.82, 2.24) is 0 Å². The Bertz CT molecular complexity index is 352. The van der Waals surface area contributed by atoms with E-state index in [4.69, 9.17) is 9.94 Å². The lowest BCUT2D eigenvalue weighted by atomic mass is 10.1. The van der Waals surface area contributed by atoms with Crippen LogP contribution >= 0.6 is 0 Å². The van der Waals surface area contributed by atoms with Crippen LogP contribution in [0.2, 0.25) is 0 Å². The van der Waals surface area contributed by atoms with E-state index in [2.05, 4.69) is 5.16 Å². The van der Waals surface area contributed by atoms with Gasteiger partial charge in [0.15, 0.2) is 0 Å². The molecule has 1 aromatic rings. The molecule has 0 amide bonds. The van der Waals surface area contributed by atoms with Gasteiger partial charge in [0, 0.05) is 0 Å². The molecular formula is C12H15NO2. The molecule has 0 aromatic heterocycles. The van der Waals surface area contributed by atoms with Gasteiger partial charge >= 0.3 is 0 Å². The standard InChI is InChI=1S/C12H15NO2/c1-3-11(13-14)7-4-10-5-8-12(15-2)9-6-10/h4-9,14H,3H2,1-2H3/b7-4+,13-11+. The molecule has 0 heterocycles. The highest BCUT2D eigenvalue weighted by atomic mass is 16.5. The SMILES string of the molecule is CCC(/C=C/c1ccc(OC)cc1)=N\O. The summed E-state index contributed by atoms with van der Waals surface area (Å²) in [6.07, 6.45) is 4.41. The second-order valence-corrected chi connectivity index (χ2v) is 3.05. The van der Waals surface area contributed by atoms with Crippen LogP contribution in [0.3, 0.4) is 0 Å². The maximum atomic E-state index is 8.60. The van der Waals surface area contributed by atoms with E-state index in [9.17, 15) is 0 Å². The maximum absolute atomic E-state index is 8.60. The number of hydrogen-bond donors (Lipinski definition) is 1. The van der Waals surface area contributed by atoms with Crippen LogP contribution in [0.4, 0.5) is 0 Å². The Morgan fingerprint density at radius 2 is 2.07 bits per heavy atom. The minimum absolute atomic E-state index is 0.658. The predicted molar refractivity (Wildman–Crippen MR) is 61.5 cm³/mol.